The Balaban J connectivity index is 2.11. The second-order valence-corrected chi connectivity index (χ2v) is 6.70. The van der Waals surface area contributed by atoms with E-state index in [4.69, 9.17) is 5.11 Å². The SMILES string of the molecule is Cc1ccc2c(c1)nc(SCC(=O)O)n2C1(C)CCC1. The zero-order chi connectivity index (χ0) is 14.3. The van der Waals surface area contributed by atoms with Crippen LogP contribution in [0, 0.1) is 6.92 Å². The van der Waals surface area contributed by atoms with E-state index in [1.807, 2.05) is 6.92 Å². The summed E-state index contributed by atoms with van der Waals surface area (Å²) in [4.78, 5) is 15.5. The number of aryl methyl sites for hydroxylation is 1. The van der Waals surface area contributed by atoms with Crippen molar-refractivity contribution in [3.8, 4) is 0 Å². The minimum atomic E-state index is -0.802. The van der Waals surface area contributed by atoms with E-state index in [2.05, 4.69) is 34.7 Å². The van der Waals surface area contributed by atoms with Crippen LogP contribution in [0.1, 0.15) is 31.7 Å². The Hall–Kier alpha value is -1.49. The second kappa shape index (κ2) is 4.81. The molecule has 0 unspecified atom stereocenters. The molecule has 0 radical (unpaired) electrons. The molecule has 1 aromatic heterocycles. The highest BCUT2D eigenvalue weighted by Crippen LogP contribution is 2.43. The number of carboxylic acid groups (broad SMARTS) is 1. The third kappa shape index (κ3) is 2.20. The maximum absolute atomic E-state index is 10.8. The van der Waals surface area contributed by atoms with Crippen LogP contribution in [0.15, 0.2) is 23.4 Å². The molecule has 1 heterocycles. The van der Waals surface area contributed by atoms with Gasteiger partial charge in [-0.1, -0.05) is 17.8 Å². The smallest absolute Gasteiger partial charge is 0.313 e. The van der Waals surface area contributed by atoms with Crippen molar-refractivity contribution in [1.29, 1.82) is 0 Å². The van der Waals surface area contributed by atoms with E-state index < -0.39 is 5.97 Å². The molecule has 1 N–H and O–H groups in total. The zero-order valence-electron chi connectivity index (χ0n) is 11.7. The number of benzene rings is 1. The number of rotatable bonds is 4. The lowest BCUT2D eigenvalue weighted by molar-refractivity contribution is -0.133. The topological polar surface area (TPSA) is 55.1 Å². The predicted molar refractivity (Wildman–Crippen MR) is 80.3 cm³/mol. The molecule has 3 rings (SSSR count). The molecule has 106 valence electrons. The first-order valence-corrected chi connectivity index (χ1v) is 7.82. The number of hydrogen-bond donors (Lipinski definition) is 1. The van der Waals surface area contributed by atoms with Gasteiger partial charge in [-0.15, -0.1) is 0 Å². The number of imidazole rings is 1. The molecule has 1 aromatic carbocycles. The molecular weight excluding hydrogens is 272 g/mol. The number of aliphatic carboxylic acids is 1. The Bertz CT molecular complexity index is 674. The van der Waals surface area contributed by atoms with Crippen molar-refractivity contribution in [2.75, 3.05) is 5.75 Å². The van der Waals surface area contributed by atoms with Crippen molar-refractivity contribution in [1.82, 2.24) is 9.55 Å². The van der Waals surface area contributed by atoms with Crippen LogP contribution in [-0.2, 0) is 10.3 Å². The molecule has 0 atom stereocenters. The molecule has 0 spiro atoms. The minimum absolute atomic E-state index is 0.0540. The van der Waals surface area contributed by atoms with Crippen molar-refractivity contribution < 1.29 is 9.90 Å². The maximum Gasteiger partial charge on any atom is 0.313 e. The van der Waals surface area contributed by atoms with Gasteiger partial charge in [0.1, 0.15) is 0 Å². The summed E-state index contributed by atoms with van der Waals surface area (Å²) in [5.74, 6) is -0.748. The molecule has 20 heavy (non-hydrogen) atoms. The van der Waals surface area contributed by atoms with Gasteiger partial charge in [0.05, 0.1) is 16.8 Å². The van der Waals surface area contributed by atoms with Crippen LogP contribution in [0.2, 0.25) is 0 Å². The number of carbonyl (C=O) groups is 1. The van der Waals surface area contributed by atoms with Crippen LogP contribution >= 0.6 is 11.8 Å². The number of nitrogens with zero attached hydrogens (tertiary/aromatic N) is 2. The summed E-state index contributed by atoms with van der Waals surface area (Å²) >= 11 is 1.32. The van der Waals surface area contributed by atoms with E-state index in [0.717, 1.165) is 29.0 Å². The fourth-order valence-electron chi connectivity index (χ4n) is 2.83. The zero-order valence-corrected chi connectivity index (χ0v) is 12.5. The third-order valence-electron chi connectivity index (χ3n) is 4.07. The summed E-state index contributed by atoms with van der Waals surface area (Å²) in [6.07, 6.45) is 3.49. The Morgan fingerprint density at radius 1 is 1.50 bits per heavy atom. The quantitative estimate of drug-likeness (QED) is 0.877. The molecule has 1 fully saturated rings. The molecule has 5 heteroatoms. The molecule has 2 aromatic rings. The molecule has 0 saturated heterocycles. The van der Waals surface area contributed by atoms with Crippen LogP contribution < -0.4 is 0 Å². The highest BCUT2D eigenvalue weighted by Gasteiger charge is 2.36. The second-order valence-electron chi connectivity index (χ2n) is 5.75. The van der Waals surface area contributed by atoms with Gasteiger partial charge in [0, 0.05) is 5.54 Å². The molecular formula is C15H18N2O2S. The Morgan fingerprint density at radius 2 is 2.25 bits per heavy atom. The van der Waals surface area contributed by atoms with E-state index in [9.17, 15) is 4.79 Å². The van der Waals surface area contributed by atoms with Crippen LogP contribution in [0.4, 0.5) is 0 Å². The fourth-order valence-corrected chi connectivity index (χ4v) is 3.69. The van der Waals surface area contributed by atoms with Crippen LogP contribution in [-0.4, -0.2) is 26.4 Å². The standard InChI is InChI=1S/C15H18N2O2S/c1-10-4-5-12-11(8-10)16-14(20-9-13(18)19)17(12)15(2)6-3-7-15/h4-5,8H,3,6-7,9H2,1-2H3,(H,18,19). The lowest BCUT2D eigenvalue weighted by Crippen LogP contribution is -2.37. The first kappa shape index (κ1) is 13.5. The molecule has 0 aliphatic heterocycles. The summed E-state index contributed by atoms with van der Waals surface area (Å²) in [6.45, 7) is 4.29. The third-order valence-corrected chi connectivity index (χ3v) is 5.00. The maximum atomic E-state index is 10.8. The van der Waals surface area contributed by atoms with Gasteiger partial charge in [-0.3, -0.25) is 4.79 Å². The van der Waals surface area contributed by atoms with Crippen molar-refractivity contribution in [3.63, 3.8) is 0 Å². The average molecular weight is 290 g/mol. The lowest BCUT2D eigenvalue weighted by Gasteiger charge is -2.41. The van der Waals surface area contributed by atoms with Crippen LogP contribution in [0.25, 0.3) is 11.0 Å². The van der Waals surface area contributed by atoms with E-state index in [1.54, 1.807) is 0 Å². The molecule has 1 saturated carbocycles. The molecule has 4 nitrogen and oxygen atoms in total. The number of carboxylic acids is 1. The van der Waals surface area contributed by atoms with Gasteiger partial charge in [-0.05, 0) is 50.8 Å². The summed E-state index contributed by atoms with van der Waals surface area (Å²) in [5, 5.41) is 9.73. The Labute approximate surface area is 122 Å². The summed E-state index contributed by atoms with van der Waals surface area (Å²) < 4.78 is 2.25. The largest absolute Gasteiger partial charge is 0.481 e. The van der Waals surface area contributed by atoms with Gasteiger partial charge in [0.2, 0.25) is 0 Å². The summed E-state index contributed by atoms with van der Waals surface area (Å²) in [7, 11) is 0. The van der Waals surface area contributed by atoms with E-state index in [1.165, 1.54) is 23.7 Å². The summed E-state index contributed by atoms with van der Waals surface area (Å²) in [5.41, 5.74) is 3.34. The van der Waals surface area contributed by atoms with Gasteiger partial charge in [-0.2, -0.15) is 0 Å². The molecule has 0 amide bonds. The van der Waals surface area contributed by atoms with E-state index in [0.29, 0.717) is 0 Å². The lowest BCUT2D eigenvalue weighted by atomic mass is 9.78. The van der Waals surface area contributed by atoms with Gasteiger partial charge in [0.25, 0.3) is 0 Å². The average Bonchev–Trinajstić information content (AvgIpc) is 2.71. The first-order valence-electron chi connectivity index (χ1n) is 6.84. The predicted octanol–water partition coefficient (Wildman–Crippen LogP) is 3.42. The normalized spacial score (nSPS) is 17.1. The van der Waals surface area contributed by atoms with Crippen LogP contribution in [0.5, 0.6) is 0 Å². The van der Waals surface area contributed by atoms with Crippen molar-refractivity contribution in [2.24, 2.45) is 0 Å². The fraction of sp³-hybridized carbons (Fsp3) is 0.467. The van der Waals surface area contributed by atoms with Crippen molar-refractivity contribution >= 4 is 28.8 Å². The molecule has 1 aliphatic rings. The minimum Gasteiger partial charge on any atom is -0.481 e. The van der Waals surface area contributed by atoms with Gasteiger partial charge < -0.3 is 9.67 Å². The molecule has 1 aliphatic carbocycles. The van der Waals surface area contributed by atoms with Gasteiger partial charge >= 0.3 is 5.97 Å². The highest BCUT2D eigenvalue weighted by molar-refractivity contribution is 7.99. The number of thioether (sulfide) groups is 1. The summed E-state index contributed by atoms with van der Waals surface area (Å²) in [6, 6.07) is 6.26. The highest BCUT2D eigenvalue weighted by atomic mass is 32.2. The van der Waals surface area contributed by atoms with E-state index >= 15 is 0 Å². The van der Waals surface area contributed by atoms with Gasteiger partial charge in [0.15, 0.2) is 5.16 Å². The number of hydrogen-bond acceptors (Lipinski definition) is 3. The molecule has 0 bridgehead atoms. The number of fused-ring (bicyclic) bond motifs is 1. The van der Waals surface area contributed by atoms with Crippen molar-refractivity contribution in [2.45, 2.75) is 43.8 Å². The Kier molecular flexibility index (Phi) is 3.24. The van der Waals surface area contributed by atoms with E-state index in [-0.39, 0.29) is 11.3 Å². The monoisotopic (exact) mass is 290 g/mol. The Morgan fingerprint density at radius 3 is 2.85 bits per heavy atom. The first-order chi connectivity index (χ1) is 9.49. The van der Waals surface area contributed by atoms with Crippen LogP contribution in [0.3, 0.4) is 0 Å². The van der Waals surface area contributed by atoms with Gasteiger partial charge in [-0.25, -0.2) is 4.98 Å². The number of aromatic nitrogens is 2. The van der Waals surface area contributed by atoms with Crippen molar-refractivity contribution in [3.05, 3.63) is 23.8 Å².